The maximum Gasteiger partial charge on any atom is 0 e. The van der Waals surface area contributed by atoms with E-state index in [0.717, 1.165) is 0 Å². The Morgan fingerprint density at radius 2 is 0.655 bits per heavy atom. The maximum absolute atomic E-state index is 11.0. The number of aliphatic carboxylic acids is 2. The minimum atomic E-state index is -1.69. The number of carbonyl (C=O) groups is 2. The topological polar surface area (TPSA) is 74.6 Å². The van der Waals surface area contributed by atoms with Crippen LogP contribution in [0.15, 0.2) is 0 Å². The van der Waals surface area contributed by atoms with E-state index in [9.17, 15) is 9.59 Å². The van der Waals surface area contributed by atoms with Crippen LogP contribution in [0.2, 0.25) is 0 Å². The summed E-state index contributed by atoms with van der Waals surface area (Å²) in [4.78, 5) is 21.9. The molecule has 0 radical (unpaired) electrons. The van der Waals surface area contributed by atoms with E-state index < -0.39 is 26.5 Å². The zero-order valence-corrected chi connectivity index (χ0v) is 24.5. The van der Waals surface area contributed by atoms with Gasteiger partial charge >= 0.3 is 176 Å². The smallest absolute Gasteiger partial charge is 0 e. The van der Waals surface area contributed by atoms with Crippen LogP contribution in [0, 0.1) is 0 Å². The van der Waals surface area contributed by atoms with Crippen molar-refractivity contribution >= 4 is 26.5 Å². The summed E-state index contributed by atoms with van der Waals surface area (Å²) in [7, 11) is -3.38. The molecule has 2 N–H and O–H groups in total. The summed E-state index contributed by atoms with van der Waals surface area (Å²) < 4.78 is 0. The van der Waals surface area contributed by atoms with Gasteiger partial charge in [0.05, 0.1) is 0 Å². The van der Waals surface area contributed by atoms with Gasteiger partial charge in [0, 0.05) is 20.4 Å². The van der Waals surface area contributed by atoms with Crippen LogP contribution in [0.25, 0.3) is 0 Å². The van der Waals surface area contributed by atoms with Crippen molar-refractivity contribution < 1.29 is 40.2 Å². The monoisotopic (exact) mass is 546 g/mol. The molecule has 0 aliphatic carbocycles. The van der Waals surface area contributed by atoms with Gasteiger partial charge in [-0.15, -0.1) is 0 Å². The van der Waals surface area contributed by atoms with Crippen molar-refractivity contribution in [3.05, 3.63) is 0 Å². The van der Waals surface area contributed by atoms with Gasteiger partial charge in [0.15, 0.2) is 0 Å². The first-order valence-corrected chi connectivity index (χ1v) is 15.8. The second kappa shape index (κ2) is 14.5. The SMILES string of the molecule is CC(C)[PH](CC(=O)O)(C(C)C)C(C)C.CC(C)[PH](CC(=O)O)(C(C)C)C(C)C.[Pd]. The molecule has 0 aliphatic rings. The van der Waals surface area contributed by atoms with Gasteiger partial charge in [0.2, 0.25) is 0 Å². The molecule has 0 amide bonds. The Morgan fingerprint density at radius 1 is 0.517 bits per heavy atom. The molecule has 0 heterocycles. The largest absolute Gasteiger partial charge is 0 e. The third-order valence-corrected chi connectivity index (χ3v) is 22.1. The molecule has 4 nitrogen and oxygen atoms in total. The van der Waals surface area contributed by atoms with Gasteiger partial charge in [-0.05, 0) is 0 Å². The average Bonchev–Trinajstić information content (AvgIpc) is 2.48. The molecule has 0 unspecified atom stereocenters. The quantitative estimate of drug-likeness (QED) is 0.257. The van der Waals surface area contributed by atoms with E-state index in [1.807, 2.05) is 0 Å². The van der Waals surface area contributed by atoms with E-state index in [0.29, 0.717) is 46.3 Å². The molecular formula is C22H50O4P2Pd. The summed E-state index contributed by atoms with van der Waals surface area (Å²) in [6.07, 6.45) is 0.833. The first-order valence-electron chi connectivity index (χ1n) is 10.9. The zero-order chi connectivity index (χ0) is 23.0. The fraction of sp³-hybridized carbons (Fsp3) is 0.909. The van der Waals surface area contributed by atoms with E-state index in [2.05, 4.69) is 83.1 Å². The van der Waals surface area contributed by atoms with Crippen molar-refractivity contribution in [2.24, 2.45) is 0 Å². The van der Waals surface area contributed by atoms with E-state index in [4.69, 9.17) is 10.2 Å². The molecule has 0 aliphatic heterocycles. The molecule has 0 fully saturated rings. The van der Waals surface area contributed by atoms with E-state index in [1.165, 1.54) is 0 Å². The maximum atomic E-state index is 11.0. The molecule has 0 bridgehead atoms. The normalized spacial score (nSPS) is 13.6. The van der Waals surface area contributed by atoms with Crippen molar-refractivity contribution in [1.82, 2.24) is 0 Å². The van der Waals surface area contributed by atoms with Gasteiger partial charge < -0.3 is 0 Å². The van der Waals surface area contributed by atoms with Crippen LogP contribution < -0.4 is 0 Å². The van der Waals surface area contributed by atoms with Crippen LogP contribution in [-0.2, 0) is 30.0 Å². The van der Waals surface area contributed by atoms with Gasteiger partial charge in [-0.3, -0.25) is 0 Å². The van der Waals surface area contributed by atoms with Gasteiger partial charge in [-0.2, -0.15) is 0 Å². The minimum Gasteiger partial charge on any atom is 0 e. The van der Waals surface area contributed by atoms with E-state index >= 15 is 0 Å². The molecule has 0 atom stereocenters. The van der Waals surface area contributed by atoms with Crippen molar-refractivity contribution in [3.63, 3.8) is 0 Å². The number of hydrogen-bond acceptors (Lipinski definition) is 2. The summed E-state index contributed by atoms with van der Waals surface area (Å²) in [5.74, 6) is -1.24. The zero-order valence-electron chi connectivity index (χ0n) is 20.9. The summed E-state index contributed by atoms with van der Waals surface area (Å²) in [6, 6.07) is 0. The van der Waals surface area contributed by atoms with Crippen LogP contribution in [-0.4, -0.2) is 68.4 Å². The van der Waals surface area contributed by atoms with Gasteiger partial charge in [0.1, 0.15) is 0 Å². The van der Waals surface area contributed by atoms with Crippen LogP contribution in [0.4, 0.5) is 0 Å². The minimum absolute atomic E-state index is 0. The second-order valence-electron chi connectivity index (χ2n) is 10.3. The molecule has 0 aromatic rings. The summed E-state index contributed by atoms with van der Waals surface area (Å²) in [5, 5.41) is 18.1. The van der Waals surface area contributed by atoms with Crippen LogP contribution in [0.1, 0.15) is 83.1 Å². The molecule has 0 aromatic heterocycles. The second-order valence-corrected chi connectivity index (χ2v) is 22.4. The number of rotatable bonds is 10. The fourth-order valence-corrected chi connectivity index (χ4v) is 17.2. The summed E-state index contributed by atoms with van der Waals surface area (Å²) in [5.41, 5.74) is 3.24. The Bertz CT molecular complexity index is 402. The van der Waals surface area contributed by atoms with Crippen molar-refractivity contribution in [2.75, 3.05) is 12.3 Å². The van der Waals surface area contributed by atoms with Crippen molar-refractivity contribution in [1.29, 1.82) is 0 Å². The van der Waals surface area contributed by atoms with E-state index in [-0.39, 0.29) is 20.4 Å². The molecule has 0 aromatic carbocycles. The molecule has 0 rings (SSSR count). The number of hydrogen-bond donors (Lipinski definition) is 2. The van der Waals surface area contributed by atoms with Crippen LogP contribution in [0.3, 0.4) is 0 Å². The molecular weight excluding hydrogens is 497 g/mol. The molecule has 0 saturated heterocycles. The first-order chi connectivity index (χ1) is 12.5. The third-order valence-electron chi connectivity index (χ3n) is 7.36. The summed E-state index contributed by atoms with van der Waals surface area (Å²) in [6.45, 7) is 26.3. The Balaban J connectivity index is -0.000000451. The molecule has 7 heteroatoms. The van der Waals surface area contributed by atoms with Crippen LogP contribution in [0.5, 0.6) is 0 Å². The van der Waals surface area contributed by atoms with Gasteiger partial charge in [-0.1, -0.05) is 0 Å². The standard InChI is InChI=1S/2C11H25O2P.Pd/c2*1-8(2)14(9(3)4,10(5)6)7-11(12)13;/h2*8-10,14H,7H2,1-6H3,(H,12,13);. The molecule has 0 saturated carbocycles. The van der Waals surface area contributed by atoms with Crippen molar-refractivity contribution in [2.45, 2.75) is 117 Å². The summed E-state index contributed by atoms with van der Waals surface area (Å²) >= 11 is 0. The predicted molar refractivity (Wildman–Crippen MR) is 132 cm³/mol. The number of carboxylic acid groups (broad SMARTS) is 2. The van der Waals surface area contributed by atoms with Gasteiger partial charge in [-0.25, -0.2) is 0 Å². The van der Waals surface area contributed by atoms with E-state index in [1.54, 1.807) is 0 Å². The van der Waals surface area contributed by atoms with Crippen LogP contribution >= 0.6 is 14.5 Å². The average molecular weight is 547 g/mol. The van der Waals surface area contributed by atoms with Crippen molar-refractivity contribution in [3.8, 4) is 0 Å². The Hall–Kier alpha value is 0.462. The Labute approximate surface area is 195 Å². The van der Waals surface area contributed by atoms with Gasteiger partial charge in [0.25, 0.3) is 0 Å². The predicted octanol–water partition coefficient (Wildman–Crippen LogP) is 6.09. The molecule has 0 spiro atoms. The number of carboxylic acids is 2. The fourth-order valence-electron chi connectivity index (χ4n) is 5.75. The molecule has 29 heavy (non-hydrogen) atoms. The Morgan fingerprint density at radius 3 is 0.690 bits per heavy atom. The third kappa shape index (κ3) is 9.23. The molecule has 182 valence electrons. The Kier molecular flexibility index (Phi) is 17.1. The first kappa shape index (κ1) is 34.1.